The summed E-state index contributed by atoms with van der Waals surface area (Å²) in [5.74, 6) is 0.217. The molecule has 0 spiro atoms. The molecule has 0 aliphatic heterocycles. The van der Waals surface area contributed by atoms with Gasteiger partial charge in [-0.25, -0.2) is 4.39 Å². The summed E-state index contributed by atoms with van der Waals surface area (Å²) in [5.41, 5.74) is 1.70. The van der Waals surface area contributed by atoms with Crippen molar-refractivity contribution in [3.05, 3.63) is 51.6 Å². The molecule has 0 aliphatic rings. The van der Waals surface area contributed by atoms with E-state index in [1.807, 2.05) is 13.0 Å². The van der Waals surface area contributed by atoms with E-state index in [4.69, 9.17) is 27.6 Å². The first-order chi connectivity index (χ1) is 8.08. The molecule has 1 aromatic heterocycles. The van der Waals surface area contributed by atoms with Crippen molar-refractivity contribution in [1.29, 1.82) is 0 Å². The lowest BCUT2D eigenvalue weighted by Gasteiger charge is -2.07. The van der Waals surface area contributed by atoms with E-state index in [-0.39, 0.29) is 10.0 Å². The Bertz CT molecular complexity index is 516. The van der Waals surface area contributed by atoms with Crippen LogP contribution < -0.4 is 5.32 Å². The summed E-state index contributed by atoms with van der Waals surface area (Å²) >= 11 is 11.4. The van der Waals surface area contributed by atoms with Crippen molar-refractivity contribution in [2.24, 2.45) is 0 Å². The zero-order valence-corrected chi connectivity index (χ0v) is 10.6. The Morgan fingerprint density at radius 3 is 2.47 bits per heavy atom. The van der Waals surface area contributed by atoms with Crippen molar-refractivity contribution >= 4 is 28.9 Å². The standard InChI is InChI=1S/C12H10Cl2FNO/c1-7-2-3-17-11(7)6-16-8-4-9(13)12(15)10(14)5-8/h2-5,16H,6H2,1H3. The summed E-state index contributed by atoms with van der Waals surface area (Å²) in [6.45, 7) is 2.45. The summed E-state index contributed by atoms with van der Waals surface area (Å²) < 4.78 is 18.4. The average molecular weight is 274 g/mol. The number of benzene rings is 1. The fourth-order valence-electron chi connectivity index (χ4n) is 1.43. The summed E-state index contributed by atoms with van der Waals surface area (Å²) in [4.78, 5) is 0. The Morgan fingerprint density at radius 1 is 1.29 bits per heavy atom. The summed E-state index contributed by atoms with van der Waals surface area (Å²) in [7, 11) is 0. The second-order valence-electron chi connectivity index (χ2n) is 3.63. The number of hydrogen-bond donors (Lipinski definition) is 1. The quantitative estimate of drug-likeness (QED) is 0.824. The van der Waals surface area contributed by atoms with Crippen LogP contribution in [0, 0.1) is 12.7 Å². The molecule has 0 fully saturated rings. The summed E-state index contributed by atoms with van der Waals surface area (Å²) in [5, 5.41) is 3.06. The van der Waals surface area contributed by atoms with Crippen molar-refractivity contribution in [2.45, 2.75) is 13.5 Å². The number of rotatable bonds is 3. The van der Waals surface area contributed by atoms with Gasteiger partial charge in [0.25, 0.3) is 0 Å². The number of furan rings is 1. The van der Waals surface area contributed by atoms with Crippen LogP contribution >= 0.6 is 23.2 Å². The van der Waals surface area contributed by atoms with E-state index in [0.29, 0.717) is 12.2 Å². The van der Waals surface area contributed by atoms with Crippen LogP contribution in [0.1, 0.15) is 11.3 Å². The second kappa shape index (κ2) is 4.98. The van der Waals surface area contributed by atoms with E-state index in [1.165, 1.54) is 12.1 Å². The fourth-order valence-corrected chi connectivity index (χ4v) is 1.91. The van der Waals surface area contributed by atoms with Gasteiger partial charge in [0.05, 0.1) is 22.9 Å². The zero-order valence-electron chi connectivity index (χ0n) is 9.06. The van der Waals surface area contributed by atoms with Crippen molar-refractivity contribution in [2.75, 3.05) is 5.32 Å². The average Bonchev–Trinajstić information content (AvgIpc) is 2.69. The Labute approximate surface area is 108 Å². The van der Waals surface area contributed by atoms with Crippen LogP contribution in [-0.2, 0) is 6.54 Å². The second-order valence-corrected chi connectivity index (χ2v) is 4.45. The maximum absolute atomic E-state index is 13.2. The Hall–Kier alpha value is -1.19. The number of nitrogens with one attached hydrogen (secondary N) is 1. The van der Waals surface area contributed by atoms with E-state index < -0.39 is 5.82 Å². The highest BCUT2D eigenvalue weighted by atomic mass is 35.5. The molecule has 2 rings (SSSR count). The molecule has 0 aliphatic carbocycles. The van der Waals surface area contributed by atoms with Crippen LogP contribution in [0.2, 0.25) is 10.0 Å². The third-order valence-corrected chi connectivity index (χ3v) is 2.96. The van der Waals surface area contributed by atoms with Crippen molar-refractivity contribution in [1.82, 2.24) is 0 Å². The van der Waals surface area contributed by atoms with Crippen LogP contribution in [0.3, 0.4) is 0 Å². The Kier molecular flexibility index (Phi) is 3.60. The predicted octanol–water partition coefficient (Wildman–Crippen LogP) is 4.65. The number of aryl methyl sites for hydroxylation is 1. The summed E-state index contributed by atoms with van der Waals surface area (Å²) in [6.07, 6.45) is 1.62. The van der Waals surface area contributed by atoms with Gasteiger partial charge in [-0.15, -0.1) is 0 Å². The fraction of sp³-hybridized carbons (Fsp3) is 0.167. The molecule has 1 N–H and O–H groups in total. The summed E-state index contributed by atoms with van der Waals surface area (Å²) in [6, 6.07) is 4.85. The Balaban J connectivity index is 2.12. The van der Waals surface area contributed by atoms with Gasteiger partial charge < -0.3 is 9.73 Å². The molecule has 1 aromatic carbocycles. The van der Waals surface area contributed by atoms with Crippen molar-refractivity contribution in [3.63, 3.8) is 0 Å². The van der Waals surface area contributed by atoms with Gasteiger partial charge in [-0.1, -0.05) is 23.2 Å². The molecule has 0 amide bonds. The molecule has 0 saturated heterocycles. The van der Waals surface area contributed by atoms with Crippen LogP contribution in [0.25, 0.3) is 0 Å². The van der Waals surface area contributed by atoms with Gasteiger partial charge in [0.1, 0.15) is 5.76 Å². The molecule has 2 nitrogen and oxygen atoms in total. The third kappa shape index (κ3) is 2.73. The molecule has 0 unspecified atom stereocenters. The molecule has 90 valence electrons. The molecular formula is C12H10Cl2FNO. The number of halogens is 3. The van der Waals surface area contributed by atoms with E-state index in [0.717, 1.165) is 11.3 Å². The highest BCUT2D eigenvalue weighted by Crippen LogP contribution is 2.27. The van der Waals surface area contributed by atoms with Gasteiger partial charge in [-0.3, -0.25) is 0 Å². The van der Waals surface area contributed by atoms with Gasteiger partial charge in [-0.05, 0) is 30.7 Å². The lowest BCUT2D eigenvalue weighted by molar-refractivity contribution is 0.515. The lowest BCUT2D eigenvalue weighted by atomic mass is 10.2. The first kappa shape index (κ1) is 12.3. The molecular weight excluding hydrogens is 264 g/mol. The maximum atomic E-state index is 13.2. The van der Waals surface area contributed by atoms with Crippen LogP contribution in [0.4, 0.5) is 10.1 Å². The van der Waals surface area contributed by atoms with E-state index in [1.54, 1.807) is 6.26 Å². The van der Waals surface area contributed by atoms with E-state index in [9.17, 15) is 4.39 Å². The van der Waals surface area contributed by atoms with Gasteiger partial charge in [-0.2, -0.15) is 0 Å². The third-order valence-electron chi connectivity index (χ3n) is 2.41. The maximum Gasteiger partial charge on any atom is 0.160 e. The van der Waals surface area contributed by atoms with Crippen LogP contribution in [0.15, 0.2) is 28.9 Å². The SMILES string of the molecule is Cc1ccoc1CNc1cc(Cl)c(F)c(Cl)c1. The molecule has 2 aromatic rings. The van der Waals surface area contributed by atoms with Crippen LogP contribution in [-0.4, -0.2) is 0 Å². The minimum absolute atomic E-state index is 0.00355. The van der Waals surface area contributed by atoms with Crippen molar-refractivity contribution < 1.29 is 8.81 Å². The van der Waals surface area contributed by atoms with Crippen molar-refractivity contribution in [3.8, 4) is 0 Å². The molecule has 0 saturated carbocycles. The molecule has 0 radical (unpaired) electrons. The minimum atomic E-state index is -0.604. The molecule has 1 heterocycles. The van der Waals surface area contributed by atoms with Gasteiger partial charge in [0, 0.05) is 5.69 Å². The molecule has 0 bridgehead atoms. The predicted molar refractivity (Wildman–Crippen MR) is 67.2 cm³/mol. The van der Waals surface area contributed by atoms with E-state index >= 15 is 0 Å². The van der Waals surface area contributed by atoms with Crippen LogP contribution in [0.5, 0.6) is 0 Å². The minimum Gasteiger partial charge on any atom is -0.467 e. The highest BCUT2D eigenvalue weighted by molar-refractivity contribution is 6.35. The highest BCUT2D eigenvalue weighted by Gasteiger charge is 2.08. The largest absolute Gasteiger partial charge is 0.467 e. The number of anilines is 1. The molecule has 17 heavy (non-hydrogen) atoms. The molecule has 0 atom stereocenters. The smallest absolute Gasteiger partial charge is 0.160 e. The van der Waals surface area contributed by atoms with Gasteiger partial charge in [0.2, 0.25) is 0 Å². The van der Waals surface area contributed by atoms with Gasteiger partial charge >= 0.3 is 0 Å². The topological polar surface area (TPSA) is 25.2 Å². The first-order valence-electron chi connectivity index (χ1n) is 4.99. The lowest BCUT2D eigenvalue weighted by Crippen LogP contribution is -2.00. The normalized spacial score (nSPS) is 10.6. The Morgan fingerprint density at radius 2 is 1.94 bits per heavy atom. The first-order valence-corrected chi connectivity index (χ1v) is 5.75. The zero-order chi connectivity index (χ0) is 12.4. The van der Waals surface area contributed by atoms with Gasteiger partial charge in [0.15, 0.2) is 5.82 Å². The molecule has 5 heteroatoms. The van der Waals surface area contributed by atoms with E-state index in [2.05, 4.69) is 5.32 Å². The monoisotopic (exact) mass is 273 g/mol. The number of hydrogen-bond acceptors (Lipinski definition) is 2.